The molecule has 1 saturated heterocycles. The van der Waals surface area contributed by atoms with Gasteiger partial charge in [-0.2, -0.15) is 0 Å². The number of hydrogen-bond acceptors (Lipinski definition) is 4. The van der Waals surface area contributed by atoms with Gasteiger partial charge in [-0.1, -0.05) is 0 Å². The van der Waals surface area contributed by atoms with Crippen molar-refractivity contribution in [3.05, 3.63) is 0 Å². The van der Waals surface area contributed by atoms with Crippen molar-refractivity contribution in [3.8, 4) is 0 Å². The molecule has 0 aromatic carbocycles. The topological polar surface area (TPSA) is 86.8 Å². The number of aliphatic carboxylic acids is 1. The lowest BCUT2D eigenvalue weighted by Gasteiger charge is -2.23. The van der Waals surface area contributed by atoms with E-state index in [4.69, 9.17) is 15.9 Å². The zero-order valence-electron chi connectivity index (χ0n) is 8.22. The molecule has 1 aliphatic heterocycles. The third kappa shape index (κ3) is 2.94. The van der Waals surface area contributed by atoms with Crippen LogP contribution in [0, 0.1) is 0 Å². The Morgan fingerprint density at radius 2 is 2.36 bits per heavy atom. The Balaban J connectivity index is 2.26. The molecule has 5 nitrogen and oxygen atoms in total. The molecule has 0 aromatic rings. The van der Waals surface area contributed by atoms with Crippen LogP contribution in [0.1, 0.15) is 19.3 Å². The van der Waals surface area contributed by atoms with Gasteiger partial charge < -0.3 is 15.9 Å². The maximum atomic E-state index is 10.5. The minimum Gasteiger partial charge on any atom is -0.480 e. The first-order valence-corrected chi connectivity index (χ1v) is 4.98. The highest BCUT2D eigenvalue weighted by molar-refractivity contribution is 5.72. The first kappa shape index (κ1) is 11.4. The van der Waals surface area contributed by atoms with Crippen LogP contribution in [0.25, 0.3) is 0 Å². The van der Waals surface area contributed by atoms with Gasteiger partial charge in [0.25, 0.3) is 0 Å². The highest BCUT2D eigenvalue weighted by Gasteiger charge is 2.24. The van der Waals surface area contributed by atoms with Crippen molar-refractivity contribution in [3.63, 3.8) is 0 Å². The Morgan fingerprint density at radius 1 is 1.64 bits per heavy atom. The molecule has 1 rings (SSSR count). The number of aliphatic hydroxyl groups is 1. The van der Waals surface area contributed by atoms with Crippen LogP contribution >= 0.6 is 0 Å². The molecule has 2 atom stereocenters. The quantitative estimate of drug-likeness (QED) is 0.546. The first-order chi connectivity index (χ1) is 6.65. The summed E-state index contributed by atoms with van der Waals surface area (Å²) in [5, 5.41) is 17.6. The summed E-state index contributed by atoms with van der Waals surface area (Å²) < 4.78 is 0. The molecule has 2 unspecified atom stereocenters. The lowest BCUT2D eigenvalue weighted by atomic mass is 10.2. The molecular formula is C9H18N2O3. The van der Waals surface area contributed by atoms with Crippen LogP contribution in [-0.4, -0.2) is 52.9 Å². The largest absolute Gasteiger partial charge is 0.480 e. The van der Waals surface area contributed by atoms with Gasteiger partial charge in [0.1, 0.15) is 6.04 Å². The number of likely N-dealkylation sites (tertiary alicyclic amines) is 1. The molecule has 0 bridgehead atoms. The Kier molecular flexibility index (Phi) is 4.31. The molecule has 82 valence electrons. The van der Waals surface area contributed by atoms with Crippen molar-refractivity contribution in [1.29, 1.82) is 0 Å². The highest BCUT2D eigenvalue weighted by Crippen LogP contribution is 2.16. The number of rotatable bonds is 5. The van der Waals surface area contributed by atoms with Crippen molar-refractivity contribution in [2.24, 2.45) is 5.73 Å². The van der Waals surface area contributed by atoms with Gasteiger partial charge in [0, 0.05) is 12.6 Å². The van der Waals surface area contributed by atoms with Gasteiger partial charge in [0.2, 0.25) is 0 Å². The number of carbonyl (C=O) groups is 1. The van der Waals surface area contributed by atoms with Crippen molar-refractivity contribution < 1.29 is 15.0 Å². The van der Waals surface area contributed by atoms with Crippen molar-refractivity contribution in [2.45, 2.75) is 31.3 Å². The van der Waals surface area contributed by atoms with E-state index in [1.54, 1.807) is 0 Å². The van der Waals surface area contributed by atoms with Crippen LogP contribution in [0.15, 0.2) is 0 Å². The lowest BCUT2D eigenvalue weighted by molar-refractivity contribution is -0.138. The number of hydrogen-bond donors (Lipinski definition) is 3. The van der Waals surface area contributed by atoms with E-state index in [0.29, 0.717) is 13.0 Å². The number of carboxylic acid groups (broad SMARTS) is 1. The fourth-order valence-electron chi connectivity index (χ4n) is 1.82. The molecule has 1 heterocycles. The van der Waals surface area contributed by atoms with Gasteiger partial charge >= 0.3 is 5.97 Å². The van der Waals surface area contributed by atoms with Crippen molar-refractivity contribution >= 4 is 5.97 Å². The van der Waals surface area contributed by atoms with Crippen LogP contribution in [0.5, 0.6) is 0 Å². The monoisotopic (exact) mass is 202 g/mol. The molecule has 0 radical (unpaired) electrons. The number of aliphatic hydroxyl groups excluding tert-OH is 1. The van der Waals surface area contributed by atoms with Crippen LogP contribution < -0.4 is 5.73 Å². The van der Waals surface area contributed by atoms with E-state index in [0.717, 1.165) is 19.4 Å². The maximum Gasteiger partial charge on any atom is 0.320 e. The molecule has 4 N–H and O–H groups in total. The molecule has 0 amide bonds. The summed E-state index contributed by atoms with van der Waals surface area (Å²) >= 11 is 0. The van der Waals surface area contributed by atoms with Crippen molar-refractivity contribution in [1.82, 2.24) is 4.90 Å². The second-order valence-electron chi connectivity index (χ2n) is 3.75. The number of nitrogens with two attached hydrogens (primary N) is 1. The zero-order chi connectivity index (χ0) is 10.6. The Labute approximate surface area is 83.5 Å². The van der Waals surface area contributed by atoms with Crippen LogP contribution in [-0.2, 0) is 4.79 Å². The second-order valence-corrected chi connectivity index (χ2v) is 3.75. The minimum absolute atomic E-state index is 0.155. The average molecular weight is 202 g/mol. The van der Waals surface area contributed by atoms with Crippen molar-refractivity contribution in [2.75, 3.05) is 19.7 Å². The smallest absolute Gasteiger partial charge is 0.320 e. The number of nitrogens with zero attached hydrogens (tertiary/aromatic N) is 1. The van der Waals surface area contributed by atoms with E-state index < -0.39 is 12.0 Å². The summed E-state index contributed by atoms with van der Waals surface area (Å²) in [5.74, 6) is -0.954. The van der Waals surface area contributed by atoms with E-state index in [9.17, 15) is 4.79 Å². The fraction of sp³-hybridized carbons (Fsp3) is 0.889. The molecule has 0 saturated carbocycles. The van der Waals surface area contributed by atoms with E-state index in [-0.39, 0.29) is 12.6 Å². The molecule has 14 heavy (non-hydrogen) atoms. The van der Waals surface area contributed by atoms with Gasteiger partial charge in [0.15, 0.2) is 0 Å². The Bertz CT molecular complexity index is 198. The fourth-order valence-corrected chi connectivity index (χ4v) is 1.82. The molecule has 5 heteroatoms. The molecular weight excluding hydrogens is 184 g/mol. The lowest BCUT2D eigenvalue weighted by Crippen LogP contribution is -2.38. The SMILES string of the molecule is NC(CCN1CCCC1CO)C(=O)O. The Hall–Kier alpha value is -0.650. The van der Waals surface area contributed by atoms with Crippen LogP contribution in [0.2, 0.25) is 0 Å². The van der Waals surface area contributed by atoms with E-state index >= 15 is 0 Å². The molecule has 1 aliphatic rings. The molecule has 1 fully saturated rings. The van der Waals surface area contributed by atoms with Crippen LogP contribution in [0.4, 0.5) is 0 Å². The van der Waals surface area contributed by atoms with Crippen LogP contribution in [0.3, 0.4) is 0 Å². The van der Waals surface area contributed by atoms with E-state index in [2.05, 4.69) is 4.90 Å². The number of carboxylic acids is 1. The zero-order valence-corrected chi connectivity index (χ0v) is 8.22. The Morgan fingerprint density at radius 3 is 2.93 bits per heavy atom. The van der Waals surface area contributed by atoms with Gasteiger partial charge in [-0.3, -0.25) is 9.69 Å². The maximum absolute atomic E-state index is 10.5. The highest BCUT2D eigenvalue weighted by atomic mass is 16.4. The van der Waals surface area contributed by atoms with Gasteiger partial charge in [-0.25, -0.2) is 0 Å². The summed E-state index contributed by atoms with van der Waals surface area (Å²) in [6.45, 7) is 1.76. The first-order valence-electron chi connectivity index (χ1n) is 4.98. The summed E-state index contributed by atoms with van der Waals surface area (Å²) in [5.41, 5.74) is 5.39. The summed E-state index contributed by atoms with van der Waals surface area (Å²) in [6.07, 6.45) is 2.53. The van der Waals surface area contributed by atoms with Gasteiger partial charge in [-0.15, -0.1) is 0 Å². The predicted molar refractivity (Wildman–Crippen MR) is 51.9 cm³/mol. The van der Waals surface area contributed by atoms with E-state index in [1.807, 2.05) is 0 Å². The second kappa shape index (κ2) is 5.29. The third-order valence-corrected chi connectivity index (χ3v) is 2.75. The van der Waals surface area contributed by atoms with Gasteiger partial charge in [0.05, 0.1) is 6.61 Å². The summed E-state index contributed by atoms with van der Waals surface area (Å²) in [7, 11) is 0. The van der Waals surface area contributed by atoms with E-state index in [1.165, 1.54) is 0 Å². The molecule has 0 aliphatic carbocycles. The third-order valence-electron chi connectivity index (χ3n) is 2.75. The standard InChI is InChI=1S/C9H18N2O3/c10-8(9(13)14)3-5-11-4-1-2-7(11)6-12/h7-8,12H,1-6,10H2,(H,13,14). The molecule has 0 spiro atoms. The molecule has 0 aromatic heterocycles. The normalized spacial score (nSPS) is 25.1. The summed E-state index contributed by atoms with van der Waals surface area (Å²) in [4.78, 5) is 12.6. The summed E-state index contributed by atoms with van der Waals surface area (Å²) in [6, 6.07) is -0.578. The minimum atomic E-state index is -0.954. The average Bonchev–Trinajstić information content (AvgIpc) is 2.60. The van der Waals surface area contributed by atoms with Gasteiger partial charge in [-0.05, 0) is 25.8 Å². The predicted octanol–water partition coefficient (Wildman–Crippen LogP) is -0.755.